The molecular weight excluding hydrogens is 122 g/mol. The second-order valence-electron chi connectivity index (χ2n) is 1.94. The summed E-state index contributed by atoms with van der Waals surface area (Å²) in [5.74, 6) is -1.29. The number of carbonyl (C=O) groups is 2. The molecule has 0 unspecified atom stereocenters. The summed E-state index contributed by atoms with van der Waals surface area (Å²) >= 11 is 0. The lowest BCUT2D eigenvalue weighted by Gasteiger charge is -2.30. The summed E-state index contributed by atoms with van der Waals surface area (Å²) in [5, 5.41) is 9.84. The summed E-state index contributed by atoms with van der Waals surface area (Å²) < 4.78 is 0. The molecule has 0 bridgehead atoms. The van der Waals surface area contributed by atoms with Crippen molar-refractivity contribution in [3.63, 3.8) is 0 Å². The lowest BCUT2D eigenvalue weighted by molar-refractivity contribution is -0.306. The van der Waals surface area contributed by atoms with Gasteiger partial charge in [-0.3, -0.25) is 4.79 Å². The van der Waals surface area contributed by atoms with E-state index in [0.717, 1.165) is 0 Å². The van der Waals surface area contributed by atoms with Crippen molar-refractivity contribution in [3.8, 4) is 0 Å². The van der Waals surface area contributed by atoms with E-state index >= 15 is 0 Å². The number of nitrogens with zero attached hydrogens (tertiary/aromatic N) is 1. The Bertz CT molecular complexity index is 154. The minimum Gasteiger partial charge on any atom is -0.548 e. The first-order chi connectivity index (χ1) is 4.20. The zero-order valence-electron chi connectivity index (χ0n) is 4.79. The second kappa shape index (κ2) is 2.05. The van der Waals surface area contributed by atoms with Crippen LogP contribution in [0.15, 0.2) is 0 Å². The highest BCUT2D eigenvalue weighted by atomic mass is 16.4. The molecule has 1 rings (SSSR count). The average Bonchev–Trinajstić information content (AvgIpc) is 1.79. The number of hydrogen-bond acceptors (Lipinski definition) is 3. The molecule has 50 valence electrons. The van der Waals surface area contributed by atoms with Gasteiger partial charge >= 0.3 is 0 Å². The number of rotatable bonds is 2. The van der Waals surface area contributed by atoms with Gasteiger partial charge in [-0.1, -0.05) is 0 Å². The lowest BCUT2D eigenvalue weighted by Crippen LogP contribution is -2.49. The van der Waals surface area contributed by atoms with Gasteiger partial charge in [-0.25, -0.2) is 0 Å². The smallest absolute Gasteiger partial charge is 0.224 e. The summed E-state index contributed by atoms with van der Waals surface area (Å²) in [7, 11) is 0. The summed E-state index contributed by atoms with van der Waals surface area (Å²) in [6.45, 7) is 0.311. The Labute approximate surface area is 52.1 Å². The number of hydrogen-bond donors (Lipinski definition) is 0. The van der Waals surface area contributed by atoms with Crippen LogP contribution in [0.5, 0.6) is 0 Å². The van der Waals surface area contributed by atoms with E-state index in [1.165, 1.54) is 4.90 Å². The van der Waals surface area contributed by atoms with Crippen LogP contribution >= 0.6 is 0 Å². The topological polar surface area (TPSA) is 60.4 Å². The molecule has 1 amide bonds. The standard InChI is InChI=1S/C5H7NO3/c7-4-1-2-6(4)3-5(8)9/h1-3H2,(H,8,9)/p-1. The molecule has 0 aromatic rings. The first-order valence-corrected chi connectivity index (χ1v) is 2.68. The molecule has 0 N–H and O–H groups in total. The number of amides is 1. The highest BCUT2D eigenvalue weighted by Crippen LogP contribution is 2.05. The number of likely N-dealkylation sites (tertiary alicyclic amines) is 1. The Balaban J connectivity index is 2.29. The van der Waals surface area contributed by atoms with Crippen LogP contribution in [0, 0.1) is 0 Å². The Hall–Kier alpha value is -1.06. The molecule has 0 saturated carbocycles. The fourth-order valence-corrected chi connectivity index (χ4v) is 0.684. The molecule has 0 radical (unpaired) electrons. The first kappa shape index (κ1) is 6.07. The zero-order valence-corrected chi connectivity index (χ0v) is 4.79. The third-order valence-corrected chi connectivity index (χ3v) is 1.27. The maximum atomic E-state index is 10.4. The van der Waals surface area contributed by atoms with Crippen LogP contribution in [-0.4, -0.2) is 29.9 Å². The first-order valence-electron chi connectivity index (χ1n) is 2.68. The van der Waals surface area contributed by atoms with Crippen LogP contribution in [0.1, 0.15) is 6.42 Å². The number of aliphatic carboxylic acids is 1. The van der Waals surface area contributed by atoms with E-state index in [4.69, 9.17) is 0 Å². The van der Waals surface area contributed by atoms with Crippen LogP contribution in [0.3, 0.4) is 0 Å². The van der Waals surface area contributed by atoms with Crippen molar-refractivity contribution in [3.05, 3.63) is 0 Å². The minimum atomic E-state index is -1.19. The molecule has 1 fully saturated rings. The molecule has 0 aromatic carbocycles. The molecule has 9 heavy (non-hydrogen) atoms. The maximum Gasteiger partial charge on any atom is 0.224 e. The van der Waals surface area contributed by atoms with Crippen molar-refractivity contribution in [2.24, 2.45) is 0 Å². The number of carboxylic acids is 1. The minimum absolute atomic E-state index is 0.0980. The van der Waals surface area contributed by atoms with Crippen molar-refractivity contribution >= 4 is 11.9 Å². The molecule has 0 atom stereocenters. The Morgan fingerprint density at radius 1 is 1.78 bits per heavy atom. The third kappa shape index (κ3) is 1.19. The summed E-state index contributed by atoms with van der Waals surface area (Å²) in [6, 6.07) is 0. The van der Waals surface area contributed by atoms with E-state index in [0.29, 0.717) is 13.0 Å². The van der Waals surface area contributed by atoms with E-state index in [-0.39, 0.29) is 12.5 Å². The molecule has 4 nitrogen and oxygen atoms in total. The zero-order chi connectivity index (χ0) is 6.85. The highest BCUT2D eigenvalue weighted by Gasteiger charge is 2.22. The van der Waals surface area contributed by atoms with Crippen LogP contribution in [0.25, 0.3) is 0 Å². The van der Waals surface area contributed by atoms with Crippen LogP contribution in [-0.2, 0) is 9.59 Å². The van der Waals surface area contributed by atoms with Gasteiger partial charge in [0, 0.05) is 13.0 Å². The Kier molecular flexibility index (Phi) is 1.38. The van der Waals surface area contributed by atoms with E-state index in [1.54, 1.807) is 0 Å². The highest BCUT2D eigenvalue weighted by molar-refractivity contribution is 5.85. The van der Waals surface area contributed by atoms with Gasteiger partial charge < -0.3 is 14.8 Å². The number of β-lactam (4-membered cyclic amide) rings is 1. The molecule has 0 aliphatic carbocycles. The van der Waals surface area contributed by atoms with Crippen LogP contribution < -0.4 is 5.11 Å². The largest absolute Gasteiger partial charge is 0.548 e. The molecule has 1 saturated heterocycles. The predicted molar refractivity (Wildman–Crippen MR) is 26.2 cm³/mol. The molecule has 4 heteroatoms. The van der Waals surface area contributed by atoms with Crippen LogP contribution in [0.4, 0.5) is 0 Å². The average molecular weight is 128 g/mol. The Morgan fingerprint density at radius 3 is 2.56 bits per heavy atom. The van der Waals surface area contributed by atoms with E-state index in [2.05, 4.69) is 0 Å². The monoisotopic (exact) mass is 128 g/mol. The van der Waals surface area contributed by atoms with Crippen molar-refractivity contribution in [1.82, 2.24) is 4.90 Å². The summed E-state index contributed by atoms with van der Waals surface area (Å²) in [6.07, 6.45) is 0.479. The van der Waals surface area contributed by atoms with E-state index in [1.807, 2.05) is 0 Å². The SMILES string of the molecule is O=C([O-])CN1CCC1=O. The molecule has 0 spiro atoms. The normalized spacial score (nSPS) is 17.3. The van der Waals surface area contributed by atoms with Crippen molar-refractivity contribution in [2.45, 2.75) is 6.42 Å². The predicted octanol–water partition coefficient (Wildman–Crippen LogP) is -2.03. The van der Waals surface area contributed by atoms with E-state index in [9.17, 15) is 14.7 Å². The fourth-order valence-electron chi connectivity index (χ4n) is 0.684. The number of carboxylic acid groups (broad SMARTS) is 1. The third-order valence-electron chi connectivity index (χ3n) is 1.27. The fraction of sp³-hybridized carbons (Fsp3) is 0.600. The lowest BCUT2D eigenvalue weighted by atomic mass is 10.2. The van der Waals surface area contributed by atoms with Gasteiger partial charge in [0.25, 0.3) is 0 Å². The number of carbonyl (C=O) groups excluding carboxylic acids is 2. The Morgan fingerprint density at radius 2 is 2.44 bits per heavy atom. The molecule has 0 aromatic heterocycles. The van der Waals surface area contributed by atoms with Gasteiger partial charge in [0.05, 0.1) is 12.5 Å². The summed E-state index contributed by atoms with van der Waals surface area (Å²) in [5.41, 5.74) is 0. The summed E-state index contributed by atoms with van der Waals surface area (Å²) in [4.78, 5) is 21.5. The maximum absolute atomic E-state index is 10.4. The van der Waals surface area contributed by atoms with Crippen molar-refractivity contribution in [1.29, 1.82) is 0 Å². The quantitative estimate of drug-likeness (QED) is 0.403. The van der Waals surface area contributed by atoms with Crippen LogP contribution in [0.2, 0.25) is 0 Å². The second-order valence-corrected chi connectivity index (χ2v) is 1.94. The van der Waals surface area contributed by atoms with Gasteiger partial charge in [-0.15, -0.1) is 0 Å². The molecule has 1 aliphatic heterocycles. The van der Waals surface area contributed by atoms with Gasteiger partial charge in [-0.2, -0.15) is 0 Å². The molecule has 1 aliphatic rings. The molecule has 1 heterocycles. The molecular formula is C5H6NO3-. The van der Waals surface area contributed by atoms with Gasteiger partial charge in [-0.05, 0) is 0 Å². The van der Waals surface area contributed by atoms with Crippen molar-refractivity contribution in [2.75, 3.05) is 13.1 Å². The van der Waals surface area contributed by atoms with Crippen molar-refractivity contribution < 1.29 is 14.7 Å². The van der Waals surface area contributed by atoms with E-state index < -0.39 is 5.97 Å². The van der Waals surface area contributed by atoms with Gasteiger partial charge in [0.1, 0.15) is 0 Å². The van der Waals surface area contributed by atoms with Gasteiger partial charge in [0.2, 0.25) is 5.91 Å². The van der Waals surface area contributed by atoms with Gasteiger partial charge in [0.15, 0.2) is 0 Å².